The van der Waals surface area contributed by atoms with E-state index in [-0.39, 0.29) is 25.2 Å². The summed E-state index contributed by atoms with van der Waals surface area (Å²) in [6, 6.07) is 7.92. The quantitative estimate of drug-likeness (QED) is 0.738. The largest absolute Gasteiger partial charge is 0.550 e. The molecule has 0 saturated heterocycles. The Labute approximate surface area is 144 Å². The maximum absolute atomic E-state index is 12.1. The fourth-order valence-corrected chi connectivity index (χ4v) is 2.83. The van der Waals surface area contributed by atoms with Crippen molar-refractivity contribution in [2.45, 2.75) is 39.7 Å². The molecule has 2 aromatic heterocycles. The molecule has 1 N–H and O–H groups in total. The Morgan fingerprint density at radius 2 is 2.08 bits per heavy atom. The highest BCUT2D eigenvalue weighted by atomic mass is 16.4. The molecule has 0 aliphatic carbocycles. The van der Waals surface area contributed by atoms with Gasteiger partial charge in [0.25, 0.3) is 0 Å². The van der Waals surface area contributed by atoms with Gasteiger partial charge in [0.05, 0.1) is 10.9 Å². The molecule has 0 saturated carbocycles. The smallest absolute Gasteiger partial charge is 0.225 e. The zero-order chi connectivity index (χ0) is 18.0. The third-order valence-electron chi connectivity index (χ3n) is 4.09. The minimum atomic E-state index is -1.15. The van der Waals surface area contributed by atoms with Crippen molar-refractivity contribution in [2.24, 2.45) is 0 Å². The minimum Gasteiger partial charge on any atom is -0.550 e. The van der Waals surface area contributed by atoms with Crippen molar-refractivity contribution in [2.75, 3.05) is 5.32 Å². The van der Waals surface area contributed by atoms with Crippen LogP contribution in [-0.2, 0) is 16.1 Å². The number of carbonyl (C=O) groups is 2. The third kappa shape index (κ3) is 3.45. The highest BCUT2D eigenvalue weighted by Crippen LogP contribution is 2.27. The van der Waals surface area contributed by atoms with Crippen molar-refractivity contribution in [1.29, 1.82) is 0 Å². The second kappa shape index (κ2) is 6.88. The number of pyridine rings is 1. The van der Waals surface area contributed by atoms with Gasteiger partial charge in [0.1, 0.15) is 0 Å². The number of aromatic nitrogens is 3. The molecule has 0 spiro atoms. The van der Waals surface area contributed by atoms with Crippen LogP contribution >= 0.6 is 0 Å². The molecular formula is C18H19N4O3-. The van der Waals surface area contributed by atoms with Gasteiger partial charge in [0.15, 0.2) is 11.5 Å². The van der Waals surface area contributed by atoms with Crippen molar-refractivity contribution in [3.05, 3.63) is 29.8 Å². The number of nitrogens with zero attached hydrogens (tertiary/aromatic N) is 3. The Morgan fingerprint density at radius 1 is 1.28 bits per heavy atom. The summed E-state index contributed by atoms with van der Waals surface area (Å²) >= 11 is 0. The van der Waals surface area contributed by atoms with Gasteiger partial charge < -0.3 is 15.2 Å². The third-order valence-corrected chi connectivity index (χ3v) is 4.09. The number of hydrogen-bond donors (Lipinski definition) is 1. The van der Waals surface area contributed by atoms with Gasteiger partial charge in [-0.25, -0.2) is 9.67 Å². The first kappa shape index (κ1) is 16.9. The topological polar surface area (TPSA) is 99.9 Å². The second-order valence-electron chi connectivity index (χ2n) is 5.94. The molecule has 0 bridgehead atoms. The lowest BCUT2D eigenvalue weighted by Gasteiger charge is -2.04. The van der Waals surface area contributed by atoms with Crippen molar-refractivity contribution >= 4 is 39.6 Å². The van der Waals surface area contributed by atoms with E-state index >= 15 is 0 Å². The van der Waals surface area contributed by atoms with Crippen LogP contribution < -0.4 is 10.4 Å². The van der Waals surface area contributed by atoms with E-state index < -0.39 is 5.97 Å². The Bertz CT molecular complexity index is 962. The molecule has 7 nitrogen and oxygen atoms in total. The molecule has 0 aliphatic heterocycles. The van der Waals surface area contributed by atoms with Crippen LogP contribution in [0.5, 0.6) is 0 Å². The van der Waals surface area contributed by atoms with Crippen LogP contribution in [-0.4, -0.2) is 26.6 Å². The number of para-hydroxylation sites is 1. The number of carboxylic acid groups (broad SMARTS) is 1. The summed E-state index contributed by atoms with van der Waals surface area (Å²) in [5, 5.41) is 19.4. The number of aliphatic carboxylic acids is 1. The molecule has 3 aromatic rings. The van der Waals surface area contributed by atoms with E-state index in [4.69, 9.17) is 4.98 Å². The van der Waals surface area contributed by atoms with Crippen molar-refractivity contribution in [3.8, 4) is 0 Å². The maximum atomic E-state index is 12.1. The highest BCUT2D eigenvalue weighted by Gasteiger charge is 2.15. The summed E-state index contributed by atoms with van der Waals surface area (Å²) in [7, 11) is 0. The van der Waals surface area contributed by atoms with Gasteiger partial charge in [0, 0.05) is 24.3 Å². The zero-order valence-electron chi connectivity index (χ0n) is 14.2. The average molecular weight is 339 g/mol. The standard InChI is InChI=1S/C18H20N4O3/c1-3-22-18-13(10-12-7-4-6-11(2)16(12)20-18)17(21-22)19-14(23)8-5-9-15(24)25/h4,6-7,10H,3,5,8-9H2,1-2H3,(H,24,25)(H,19,21,23)/p-1. The molecule has 7 heteroatoms. The van der Waals surface area contributed by atoms with Crippen LogP contribution in [0.15, 0.2) is 24.3 Å². The Hall–Kier alpha value is -2.96. The van der Waals surface area contributed by atoms with E-state index in [1.165, 1.54) is 0 Å². The normalized spacial score (nSPS) is 11.1. The molecule has 130 valence electrons. The van der Waals surface area contributed by atoms with Crippen molar-refractivity contribution < 1.29 is 14.7 Å². The first-order valence-electron chi connectivity index (χ1n) is 8.26. The van der Waals surface area contributed by atoms with Crippen LogP contribution in [0.1, 0.15) is 31.7 Å². The summed E-state index contributed by atoms with van der Waals surface area (Å²) in [6.07, 6.45) is 0.207. The molecule has 25 heavy (non-hydrogen) atoms. The fourth-order valence-electron chi connectivity index (χ4n) is 2.83. The first-order valence-corrected chi connectivity index (χ1v) is 8.26. The number of carboxylic acids is 1. The van der Waals surface area contributed by atoms with Gasteiger partial charge in [0.2, 0.25) is 5.91 Å². The molecule has 1 aromatic carbocycles. The van der Waals surface area contributed by atoms with Gasteiger partial charge in [-0.1, -0.05) is 18.2 Å². The first-order chi connectivity index (χ1) is 12.0. The lowest BCUT2D eigenvalue weighted by atomic mass is 10.1. The number of carbonyl (C=O) groups excluding carboxylic acids is 2. The fraction of sp³-hybridized carbons (Fsp3) is 0.333. The van der Waals surface area contributed by atoms with E-state index in [1.54, 1.807) is 4.68 Å². The van der Waals surface area contributed by atoms with Crippen LogP contribution in [0.4, 0.5) is 5.82 Å². The van der Waals surface area contributed by atoms with E-state index in [0.29, 0.717) is 18.0 Å². The molecule has 0 radical (unpaired) electrons. The zero-order valence-corrected chi connectivity index (χ0v) is 14.2. The SMILES string of the molecule is CCn1nc(NC(=O)CCCC(=O)[O-])c2cc3cccc(C)c3nc21. The van der Waals surface area contributed by atoms with Gasteiger partial charge >= 0.3 is 0 Å². The average Bonchev–Trinajstić information content (AvgIpc) is 2.90. The van der Waals surface area contributed by atoms with Gasteiger partial charge in [-0.15, -0.1) is 0 Å². The molecule has 0 atom stereocenters. The predicted octanol–water partition coefficient (Wildman–Crippen LogP) is 1.77. The molecule has 0 unspecified atom stereocenters. The van der Waals surface area contributed by atoms with Crippen LogP contribution in [0.25, 0.3) is 21.9 Å². The number of hydrogen-bond acceptors (Lipinski definition) is 5. The summed E-state index contributed by atoms with van der Waals surface area (Å²) in [4.78, 5) is 27.2. The van der Waals surface area contributed by atoms with E-state index in [2.05, 4.69) is 10.4 Å². The number of aryl methyl sites for hydroxylation is 2. The van der Waals surface area contributed by atoms with Crippen LogP contribution in [0.2, 0.25) is 0 Å². The van der Waals surface area contributed by atoms with E-state index in [1.807, 2.05) is 38.1 Å². The summed E-state index contributed by atoms with van der Waals surface area (Å²) in [5.41, 5.74) is 2.71. The van der Waals surface area contributed by atoms with Crippen LogP contribution in [0, 0.1) is 6.92 Å². The molecule has 1 amide bonds. The number of nitrogens with one attached hydrogen (secondary N) is 1. The monoisotopic (exact) mass is 339 g/mol. The van der Waals surface area contributed by atoms with E-state index in [0.717, 1.165) is 21.9 Å². The second-order valence-corrected chi connectivity index (χ2v) is 5.94. The van der Waals surface area contributed by atoms with Crippen LogP contribution in [0.3, 0.4) is 0 Å². The highest BCUT2D eigenvalue weighted by molar-refractivity contribution is 6.03. The summed E-state index contributed by atoms with van der Waals surface area (Å²) < 4.78 is 1.75. The maximum Gasteiger partial charge on any atom is 0.225 e. The Morgan fingerprint density at radius 3 is 2.80 bits per heavy atom. The Balaban J connectivity index is 1.95. The van der Waals surface area contributed by atoms with Gasteiger partial charge in [-0.3, -0.25) is 4.79 Å². The lowest BCUT2D eigenvalue weighted by molar-refractivity contribution is -0.305. The van der Waals surface area contributed by atoms with Gasteiger partial charge in [-0.05, 0) is 38.3 Å². The van der Waals surface area contributed by atoms with Gasteiger partial charge in [-0.2, -0.15) is 5.10 Å². The molecule has 0 aliphatic rings. The molecule has 3 rings (SSSR count). The minimum absolute atomic E-state index is 0.106. The molecule has 0 fully saturated rings. The number of rotatable bonds is 6. The molecular weight excluding hydrogens is 320 g/mol. The number of benzene rings is 1. The predicted molar refractivity (Wildman–Crippen MR) is 92.9 cm³/mol. The number of amides is 1. The molecule has 2 heterocycles. The van der Waals surface area contributed by atoms with E-state index in [9.17, 15) is 14.7 Å². The number of anilines is 1. The number of fused-ring (bicyclic) bond motifs is 2. The lowest BCUT2D eigenvalue weighted by Crippen LogP contribution is -2.22. The summed E-state index contributed by atoms with van der Waals surface area (Å²) in [6.45, 7) is 4.59. The van der Waals surface area contributed by atoms with Crippen molar-refractivity contribution in [1.82, 2.24) is 14.8 Å². The Kier molecular flexibility index (Phi) is 4.65. The summed E-state index contributed by atoms with van der Waals surface area (Å²) in [5.74, 6) is -0.973. The van der Waals surface area contributed by atoms with Crippen molar-refractivity contribution in [3.63, 3.8) is 0 Å².